The van der Waals surface area contributed by atoms with Crippen LogP contribution < -0.4 is 0 Å². The van der Waals surface area contributed by atoms with Crippen LogP contribution in [0.15, 0.2) is 18.2 Å². The molecule has 20 heavy (non-hydrogen) atoms. The maximum atomic E-state index is 11.2. The molecule has 0 amide bonds. The van der Waals surface area contributed by atoms with Crippen molar-refractivity contribution in [2.75, 3.05) is 6.61 Å². The fraction of sp³-hybridized carbons (Fsp3) is 0.467. The summed E-state index contributed by atoms with van der Waals surface area (Å²) in [6, 6.07) is 5.22. The topological polar surface area (TPSA) is 75.3 Å². The molecule has 108 valence electrons. The van der Waals surface area contributed by atoms with Crippen LogP contribution in [0.2, 0.25) is 0 Å². The molecule has 1 aromatic carbocycles. The Morgan fingerprint density at radius 1 is 1.45 bits per heavy atom. The summed E-state index contributed by atoms with van der Waals surface area (Å²) in [5, 5.41) is 18.3. The van der Waals surface area contributed by atoms with Gasteiger partial charge in [0, 0.05) is 13.2 Å². The number of hydrogen-bond acceptors (Lipinski definition) is 3. The minimum absolute atomic E-state index is 0.171. The number of benzene rings is 1. The zero-order valence-electron chi connectivity index (χ0n) is 11.8. The molecule has 0 saturated carbocycles. The second-order valence-corrected chi connectivity index (χ2v) is 5.03. The number of carbonyl (C=O) groups is 1. The van der Waals surface area contributed by atoms with Gasteiger partial charge >= 0.3 is 5.97 Å². The third-order valence-electron chi connectivity index (χ3n) is 3.76. The van der Waals surface area contributed by atoms with E-state index in [4.69, 9.17) is 5.11 Å². The van der Waals surface area contributed by atoms with Crippen molar-refractivity contribution in [3.8, 4) is 0 Å². The van der Waals surface area contributed by atoms with E-state index in [0.29, 0.717) is 11.4 Å². The van der Waals surface area contributed by atoms with Gasteiger partial charge in [0.15, 0.2) is 0 Å². The van der Waals surface area contributed by atoms with E-state index in [1.807, 2.05) is 17.6 Å². The van der Waals surface area contributed by atoms with Crippen molar-refractivity contribution in [2.24, 2.45) is 5.92 Å². The first-order valence-corrected chi connectivity index (χ1v) is 6.88. The van der Waals surface area contributed by atoms with Gasteiger partial charge in [-0.3, -0.25) is 0 Å². The summed E-state index contributed by atoms with van der Waals surface area (Å²) in [7, 11) is 0. The molecule has 0 bridgehead atoms. The van der Waals surface area contributed by atoms with Crippen molar-refractivity contribution >= 4 is 17.0 Å². The molecular formula is C15H20N2O3. The van der Waals surface area contributed by atoms with Gasteiger partial charge in [-0.2, -0.15) is 0 Å². The highest BCUT2D eigenvalue weighted by Gasteiger charge is 2.16. The monoisotopic (exact) mass is 276 g/mol. The van der Waals surface area contributed by atoms with Crippen molar-refractivity contribution in [3.05, 3.63) is 29.6 Å². The van der Waals surface area contributed by atoms with Gasteiger partial charge in [0.05, 0.1) is 11.1 Å². The van der Waals surface area contributed by atoms with Crippen LogP contribution in [0.3, 0.4) is 0 Å². The van der Waals surface area contributed by atoms with E-state index in [1.54, 1.807) is 12.1 Å². The summed E-state index contributed by atoms with van der Waals surface area (Å²) >= 11 is 0. The Morgan fingerprint density at radius 3 is 2.80 bits per heavy atom. The molecule has 2 N–H and O–H groups in total. The largest absolute Gasteiger partial charge is 0.478 e. The second-order valence-electron chi connectivity index (χ2n) is 5.03. The number of aromatic carboxylic acids is 1. The van der Waals surface area contributed by atoms with Gasteiger partial charge in [0.1, 0.15) is 11.3 Å². The first kappa shape index (κ1) is 14.5. The number of aryl methyl sites for hydroxylation is 1. The van der Waals surface area contributed by atoms with Crippen LogP contribution >= 0.6 is 0 Å². The molecule has 5 nitrogen and oxygen atoms in total. The number of hydrogen-bond donors (Lipinski definition) is 2. The molecule has 0 fully saturated rings. The predicted molar refractivity (Wildman–Crippen MR) is 76.9 cm³/mol. The van der Waals surface area contributed by atoms with E-state index in [0.717, 1.165) is 30.7 Å². The molecule has 0 aliphatic rings. The molecule has 0 spiro atoms. The van der Waals surface area contributed by atoms with E-state index in [2.05, 4.69) is 11.9 Å². The van der Waals surface area contributed by atoms with Crippen molar-refractivity contribution in [2.45, 2.75) is 33.2 Å². The van der Waals surface area contributed by atoms with Gasteiger partial charge in [0.25, 0.3) is 0 Å². The van der Waals surface area contributed by atoms with Crippen molar-refractivity contribution in [1.29, 1.82) is 0 Å². The van der Waals surface area contributed by atoms with Crippen LogP contribution in [-0.4, -0.2) is 32.3 Å². The molecule has 1 atom stereocenters. The third-order valence-corrected chi connectivity index (χ3v) is 3.76. The van der Waals surface area contributed by atoms with Crippen molar-refractivity contribution in [1.82, 2.24) is 9.55 Å². The van der Waals surface area contributed by atoms with Gasteiger partial charge in [-0.25, -0.2) is 9.78 Å². The number of para-hydroxylation sites is 1. The lowest BCUT2D eigenvalue weighted by molar-refractivity contribution is 0.0699. The first-order valence-electron chi connectivity index (χ1n) is 6.88. The number of aliphatic hydroxyl groups is 1. The Hall–Kier alpha value is -1.88. The maximum absolute atomic E-state index is 11.2. The fourth-order valence-corrected chi connectivity index (χ4v) is 2.53. The molecule has 2 aromatic rings. The normalized spacial score (nSPS) is 12.8. The Kier molecular flexibility index (Phi) is 4.39. The van der Waals surface area contributed by atoms with Crippen LogP contribution in [0, 0.1) is 12.8 Å². The zero-order chi connectivity index (χ0) is 14.7. The summed E-state index contributed by atoms with van der Waals surface area (Å²) < 4.78 is 2.05. The average Bonchev–Trinajstić information content (AvgIpc) is 2.74. The quantitative estimate of drug-likeness (QED) is 0.849. The number of fused-ring (bicyclic) bond motifs is 1. The van der Waals surface area contributed by atoms with Crippen molar-refractivity contribution in [3.63, 3.8) is 0 Å². The number of aliphatic hydroxyl groups excluding tert-OH is 1. The molecule has 5 heteroatoms. The summed E-state index contributed by atoms with van der Waals surface area (Å²) in [4.78, 5) is 15.6. The van der Waals surface area contributed by atoms with E-state index < -0.39 is 5.97 Å². The van der Waals surface area contributed by atoms with Crippen molar-refractivity contribution < 1.29 is 15.0 Å². The predicted octanol–water partition coefficient (Wildman–Crippen LogP) is 2.45. The molecule has 1 aromatic heterocycles. The van der Waals surface area contributed by atoms with Gasteiger partial charge in [-0.1, -0.05) is 19.4 Å². The Balaban J connectivity index is 2.46. The van der Waals surface area contributed by atoms with Crippen LogP contribution in [0.25, 0.3) is 11.0 Å². The van der Waals surface area contributed by atoms with Gasteiger partial charge < -0.3 is 14.8 Å². The Labute approximate surface area is 117 Å². The highest BCUT2D eigenvalue weighted by atomic mass is 16.4. The lowest BCUT2D eigenvalue weighted by Gasteiger charge is -2.16. The number of imidazole rings is 1. The maximum Gasteiger partial charge on any atom is 0.337 e. The molecule has 0 saturated heterocycles. The SMILES string of the molecule is CCC(CCO)Cn1c(C)nc2c(C(=O)O)cccc21. The van der Waals surface area contributed by atoms with Gasteiger partial charge in [0.2, 0.25) is 0 Å². The van der Waals surface area contributed by atoms with E-state index in [1.165, 1.54) is 0 Å². The molecule has 2 rings (SSSR count). The summed E-state index contributed by atoms with van der Waals surface area (Å²) in [5.41, 5.74) is 1.62. The fourth-order valence-electron chi connectivity index (χ4n) is 2.53. The zero-order valence-corrected chi connectivity index (χ0v) is 11.8. The smallest absolute Gasteiger partial charge is 0.337 e. The van der Waals surface area contributed by atoms with Crippen LogP contribution in [-0.2, 0) is 6.54 Å². The number of carboxylic acids is 1. The van der Waals surface area contributed by atoms with Crippen LogP contribution in [0.1, 0.15) is 35.9 Å². The van der Waals surface area contributed by atoms with E-state index in [-0.39, 0.29) is 12.2 Å². The lowest BCUT2D eigenvalue weighted by Crippen LogP contribution is -2.12. The molecule has 0 radical (unpaired) electrons. The number of aromatic nitrogens is 2. The van der Waals surface area contributed by atoms with Crippen LogP contribution in [0.4, 0.5) is 0 Å². The molecule has 1 heterocycles. The molecule has 1 unspecified atom stereocenters. The highest BCUT2D eigenvalue weighted by Crippen LogP contribution is 2.22. The lowest BCUT2D eigenvalue weighted by atomic mass is 10.0. The summed E-state index contributed by atoms with van der Waals surface area (Å²) in [6.07, 6.45) is 1.71. The van der Waals surface area contributed by atoms with E-state index >= 15 is 0 Å². The van der Waals surface area contributed by atoms with E-state index in [9.17, 15) is 9.90 Å². The number of nitrogens with zero attached hydrogens (tertiary/aromatic N) is 2. The number of rotatable bonds is 6. The molecule has 0 aliphatic carbocycles. The Morgan fingerprint density at radius 2 is 2.20 bits per heavy atom. The van der Waals surface area contributed by atoms with Gasteiger partial charge in [-0.15, -0.1) is 0 Å². The van der Waals surface area contributed by atoms with Crippen LogP contribution in [0.5, 0.6) is 0 Å². The number of carboxylic acid groups (broad SMARTS) is 1. The average molecular weight is 276 g/mol. The summed E-state index contributed by atoms with van der Waals surface area (Å²) in [5.74, 6) is 0.220. The standard InChI is InChI=1S/C15H20N2O3/c1-3-11(7-8-18)9-17-10(2)16-14-12(15(19)20)5-4-6-13(14)17/h4-6,11,18H,3,7-9H2,1-2H3,(H,19,20). The first-order chi connectivity index (χ1) is 9.58. The third kappa shape index (κ3) is 2.67. The summed E-state index contributed by atoms with van der Waals surface area (Å²) in [6.45, 7) is 4.90. The minimum Gasteiger partial charge on any atom is -0.478 e. The molecular weight excluding hydrogens is 256 g/mol. The van der Waals surface area contributed by atoms with Gasteiger partial charge in [-0.05, 0) is 31.4 Å². The minimum atomic E-state index is -0.956. The Bertz CT molecular complexity index is 619. The highest BCUT2D eigenvalue weighted by molar-refractivity contribution is 6.01. The second kappa shape index (κ2) is 6.05. The molecule has 0 aliphatic heterocycles.